The number of rotatable bonds is 4. The molecule has 0 aliphatic heterocycles. The maximum absolute atomic E-state index is 12.3. The van der Waals surface area contributed by atoms with E-state index >= 15 is 0 Å². The molecular formula is C17H18ClNOS. The fourth-order valence-corrected chi connectivity index (χ4v) is 3.13. The molecule has 0 spiro atoms. The summed E-state index contributed by atoms with van der Waals surface area (Å²) in [6.07, 6.45) is 0. The van der Waals surface area contributed by atoms with Crippen LogP contribution in [0.3, 0.4) is 0 Å². The van der Waals surface area contributed by atoms with Crippen LogP contribution in [0.25, 0.3) is 0 Å². The van der Waals surface area contributed by atoms with Crippen molar-refractivity contribution in [3.8, 4) is 0 Å². The van der Waals surface area contributed by atoms with Crippen LogP contribution in [0, 0.1) is 13.8 Å². The van der Waals surface area contributed by atoms with Crippen molar-refractivity contribution >= 4 is 35.0 Å². The Kier molecular flexibility index (Phi) is 5.32. The number of nitrogens with one attached hydrogen (secondary N) is 1. The van der Waals surface area contributed by atoms with E-state index < -0.39 is 0 Å². The first-order valence-electron chi connectivity index (χ1n) is 6.76. The van der Waals surface area contributed by atoms with E-state index in [0.717, 1.165) is 16.1 Å². The Bertz CT molecular complexity index is 657. The molecule has 0 fully saturated rings. The van der Waals surface area contributed by atoms with Gasteiger partial charge < -0.3 is 5.32 Å². The van der Waals surface area contributed by atoms with Crippen LogP contribution in [0.4, 0.5) is 5.69 Å². The van der Waals surface area contributed by atoms with Gasteiger partial charge in [-0.25, -0.2) is 0 Å². The lowest BCUT2D eigenvalue weighted by atomic mass is 10.1. The Labute approximate surface area is 134 Å². The summed E-state index contributed by atoms with van der Waals surface area (Å²) in [7, 11) is 0. The monoisotopic (exact) mass is 319 g/mol. The van der Waals surface area contributed by atoms with Crippen LogP contribution in [0.1, 0.15) is 18.1 Å². The van der Waals surface area contributed by atoms with E-state index in [2.05, 4.69) is 11.4 Å². The van der Waals surface area contributed by atoms with E-state index in [0.29, 0.717) is 5.02 Å². The molecule has 4 heteroatoms. The van der Waals surface area contributed by atoms with Gasteiger partial charge in [-0.2, -0.15) is 0 Å². The lowest BCUT2D eigenvalue weighted by molar-refractivity contribution is -0.115. The van der Waals surface area contributed by atoms with Gasteiger partial charge in [-0.15, -0.1) is 11.8 Å². The fraction of sp³-hybridized carbons (Fsp3) is 0.235. The van der Waals surface area contributed by atoms with Gasteiger partial charge in [-0.1, -0.05) is 41.4 Å². The molecule has 1 N–H and O–H groups in total. The number of carbonyl (C=O) groups is 1. The third-order valence-corrected chi connectivity index (χ3v) is 4.77. The first-order chi connectivity index (χ1) is 9.97. The van der Waals surface area contributed by atoms with E-state index in [1.54, 1.807) is 0 Å². The van der Waals surface area contributed by atoms with Gasteiger partial charge in [0.25, 0.3) is 0 Å². The third-order valence-electron chi connectivity index (χ3n) is 3.15. The van der Waals surface area contributed by atoms with Crippen LogP contribution in [-0.4, -0.2) is 11.2 Å². The lowest BCUT2D eigenvalue weighted by Crippen LogP contribution is -2.22. The largest absolute Gasteiger partial charge is 0.325 e. The minimum atomic E-state index is -0.217. The average molecular weight is 320 g/mol. The first kappa shape index (κ1) is 15.9. The van der Waals surface area contributed by atoms with Crippen LogP contribution in [0.15, 0.2) is 47.4 Å². The Morgan fingerprint density at radius 2 is 1.90 bits per heavy atom. The molecular weight excluding hydrogens is 302 g/mol. The van der Waals surface area contributed by atoms with Crippen LogP contribution in [0.5, 0.6) is 0 Å². The number of amides is 1. The zero-order valence-corrected chi connectivity index (χ0v) is 13.9. The Balaban J connectivity index is 2.04. The molecule has 21 heavy (non-hydrogen) atoms. The Hall–Kier alpha value is -1.45. The zero-order valence-electron chi connectivity index (χ0n) is 12.3. The molecule has 0 radical (unpaired) electrons. The second kappa shape index (κ2) is 7.01. The van der Waals surface area contributed by atoms with Crippen molar-refractivity contribution in [1.29, 1.82) is 0 Å². The van der Waals surface area contributed by atoms with Crippen molar-refractivity contribution in [2.24, 2.45) is 0 Å². The van der Waals surface area contributed by atoms with Gasteiger partial charge in [0.1, 0.15) is 0 Å². The van der Waals surface area contributed by atoms with E-state index in [1.807, 2.05) is 57.2 Å². The van der Waals surface area contributed by atoms with Gasteiger partial charge in [-0.05, 0) is 44.5 Å². The molecule has 0 unspecified atom stereocenters. The predicted octanol–water partition coefficient (Wildman–Crippen LogP) is 5.08. The van der Waals surface area contributed by atoms with E-state index in [9.17, 15) is 4.79 Å². The zero-order chi connectivity index (χ0) is 15.4. The topological polar surface area (TPSA) is 29.1 Å². The van der Waals surface area contributed by atoms with Crippen LogP contribution in [0.2, 0.25) is 5.02 Å². The van der Waals surface area contributed by atoms with Gasteiger partial charge >= 0.3 is 0 Å². The van der Waals surface area contributed by atoms with Gasteiger partial charge in [0.15, 0.2) is 0 Å². The highest BCUT2D eigenvalue weighted by atomic mass is 35.5. The molecule has 110 valence electrons. The summed E-state index contributed by atoms with van der Waals surface area (Å²) >= 11 is 7.59. The number of anilines is 1. The number of hydrogen-bond donors (Lipinski definition) is 1. The molecule has 2 aromatic carbocycles. The smallest absolute Gasteiger partial charge is 0.237 e. The molecule has 1 amide bonds. The number of hydrogen-bond acceptors (Lipinski definition) is 2. The van der Waals surface area contributed by atoms with Crippen LogP contribution in [-0.2, 0) is 4.79 Å². The minimum absolute atomic E-state index is 0.0214. The highest BCUT2D eigenvalue weighted by Gasteiger charge is 2.16. The molecule has 0 aromatic heterocycles. The molecule has 2 rings (SSSR count). The van der Waals surface area contributed by atoms with E-state index in [4.69, 9.17) is 11.6 Å². The predicted molar refractivity (Wildman–Crippen MR) is 91.3 cm³/mol. The maximum Gasteiger partial charge on any atom is 0.237 e. The van der Waals surface area contributed by atoms with Crippen molar-refractivity contribution < 1.29 is 4.79 Å². The summed E-state index contributed by atoms with van der Waals surface area (Å²) < 4.78 is 0. The van der Waals surface area contributed by atoms with Crippen LogP contribution < -0.4 is 5.32 Å². The second-order valence-corrected chi connectivity index (χ2v) is 6.79. The van der Waals surface area contributed by atoms with Crippen molar-refractivity contribution in [3.05, 3.63) is 58.6 Å². The van der Waals surface area contributed by atoms with Gasteiger partial charge in [0, 0.05) is 10.6 Å². The number of thioether (sulfide) groups is 1. The summed E-state index contributed by atoms with van der Waals surface area (Å²) in [5.41, 5.74) is 3.11. The molecule has 0 aliphatic carbocycles. The highest BCUT2D eigenvalue weighted by molar-refractivity contribution is 8.00. The van der Waals surface area contributed by atoms with Gasteiger partial charge in [-0.3, -0.25) is 4.79 Å². The Morgan fingerprint density at radius 3 is 2.57 bits per heavy atom. The quantitative estimate of drug-likeness (QED) is 0.796. The molecule has 0 saturated heterocycles. The standard InChI is InChI=1S/C17H18ClNOS/c1-11-8-9-15(12(2)10-11)19-17(20)13(3)21-16-7-5-4-6-14(16)18/h4-10,13H,1-3H3,(H,19,20)/t13-/m1/s1. The molecule has 2 nitrogen and oxygen atoms in total. The minimum Gasteiger partial charge on any atom is -0.325 e. The second-order valence-electron chi connectivity index (χ2n) is 5.00. The number of benzene rings is 2. The average Bonchev–Trinajstić information content (AvgIpc) is 2.44. The highest BCUT2D eigenvalue weighted by Crippen LogP contribution is 2.30. The van der Waals surface area contributed by atoms with Gasteiger partial charge in [0.2, 0.25) is 5.91 Å². The van der Waals surface area contributed by atoms with Crippen molar-refractivity contribution in [2.45, 2.75) is 30.9 Å². The first-order valence-corrected chi connectivity index (χ1v) is 8.02. The lowest BCUT2D eigenvalue weighted by Gasteiger charge is -2.14. The molecule has 0 saturated carbocycles. The summed E-state index contributed by atoms with van der Waals surface area (Å²) in [5, 5.41) is 3.43. The van der Waals surface area contributed by atoms with Crippen molar-refractivity contribution in [3.63, 3.8) is 0 Å². The third kappa shape index (κ3) is 4.26. The maximum atomic E-state index is 12.3. The fourth-order valence-electron chi connectivity index (χ4n) is 1.97. The summed E-state index contributed by atoms with van der Waals surface area (Å²) in [6.45, 7) is 5.91. The van der Waals surface area contributed by atoms with Gasteiger partial charge in [0.05, 0.1) is 10.3 Å². The van der Waals surface area contributed by atoms with E-state index in [-0.39, 0.29) is 11.2 Å². The summed E-state index contributed by atoms with van der Waals surface area (Å²) in [5.74, 6) is -0.0214. The SMILES string of the molecule is Cc1ccc(NC(=O)[C@@H](C)Sc2ccccc2Cl)c(C)c1. The molecule has 0 heterocycles. The molecule has 1 atom stereocenters. The summed E-state index contributed by atoms with van der Waals surface area (Å²) in [6, 6.07) is 13.5. The van der Waals surface area contributed by atoms with Crippen molar-refractivity contribution in [1.82, 2.24) is 0 Å². The van der Waals surface area contributed by atoms with Crippen molar-refractivity contribution in [2.75, 3.05) is 5.32 Å². The molecule has 0 bridgehead atoms. The number of halogens is 1. The normalized spacial score (nSPS) is 12.0. The molecule has 2 aromatic rings. The number of aryl methyl sites for hydroxylation is 2. The number of carbonyl (C=O) groups excluding carboxylic acids is 1. The summed E-state index contributed by atoms with van der Waals surface area (Å²) in [4.78, 5) is 13.2. The van der Waals surface area contributed by atoms with Crippen LogP contribution >= 0.6 is 23.4 Å². The van der Waals surface area contributed by atoms with E-state index in [1.165, 1.54) is 17.3 Å². The Morgan fingerprint density at radius 1 is 1.19 bits per heavy atom. The molecule has 0 aliphatic rings.